The van der Waals surface area contributed by atoms with E-state index in [2.05, 4.69) is 17.6 Å². The van der Waals surface area contributed by atoms with Gasteiger partial charge in [0.15, 0.2) is 10.9 Å². The van der Waals surface area contributed by atoms with Gasteiger partial charge in [-0.3, -0.25) is 14.2 Å². The van der Waals surface area contributed by atoms with E-state index in [9.17, 15) is 9.59 Å². The summed E-state index contributed by atoms with van der Waals surface area (Å²) < 4.78 is 3.44. The Bertz CT molecular complexity index is 1450. The second-order valence-corrected chi connectivity index (χ2v) is 8.51. The second-order valence-electron chi connectivity index (χ2n) is 7.13. The number of rotatable bonds is 8. The predicted molar refractivity (Wildman–Crippen MR) is 128 cm³/mol. The van der Waals surface area contributed by atoms with Crippen LogP contribution in [0.1, 0.15) is 16.8 Å². The molecule has 2 aromatic heterocycles. The maximum Gasteiger partial charge on any atom is 0.262 e. The van der Waals surface area contributed by atoms with Gasteiger partial charge in [0, 0.05) is 40.8 Å². The largest absolute Gasteiger partial charge is 0.346 e. The molecule has 2 aromatic carbocycles. The zero-order valence-corrected chi connectivity index (χ0v) is 18.7. The molecule has 0 bridgehead atoms. The molecule has 0 N–H and O–H groups in total. The van der Waals surface area contributed by atoms with Crippen molar-refractivity contribution in [3.05, 3.63) is 82.3 Å². The Morgan fingerprint density at radius 1 is 1.25 bits per heavy atom. The topological polar surface area (TPSA) is 80.7 Å². The summed E-state index contributed by atoms with van der Waals surface area (Å²) in [5, 5.41) is 11.2. The van der Waals surface area contributed by atoms with Crippen LogP contribution in [0.4, 0.5) is 0 Å². The van der Waals surface area contributed by atoms with E-state index >= 15 is 0 Å². The molecule has 0 aliphatic carbocycles. The molecule has 6 nitrogen and oxygen atoms in total. The fourth-order valence-electron chi connectivity index (χ4n) is 3.61. The Hall–Kier alpha value is -3.34. The third-order valence-electron chi connectivity index (χ3n) is 5.08. The van der Waals surface area contributed by atoms with E-state index in [4.69, 9.17) is 16.9 Å². The number of hydrogen-bond donors (Lipinski definition) is 0. The standard InChI is InChI=1S/C24H19ClN4O2S/c1-2-11-29-23(31)18-9-8-16(25)13-20(18)27-24(29)32-15-22(30)19-14-28(12-5-10-26)21-7-4-3-6-17(19)21/h2-4,6-9,13-14H,1,5,11-12,15H2. The van der Waals surface area contributed by atoms with Crippen LogP contribution in [0, 0.1) is 11.3 Å². The molecule has 8 heteroatoms. The number of nitriles is 1. The van der Waals surface area contributed by atoms with Crippen LogP contribution in [-0.4, -0.2) is 25.7 Å². The van der Waals surface area contributed by atoms with Gasteiger partial charge >= 0.3 is 0 Å². The van der Waals surface area contributed by atoms with Gasteiger partial charge in [-0.25, -0.2) is 4.98 Å². The molecule has 0 saturated heterocycles. The summed E-state index contributed by atoms with van der Waals surface area (Å²) >= 11 is 7.29. The van der Waals surface area contributed by atoms with Gasteiger partial charge in [-0.15, -0.1) is 6.58 Å². The van der Waals surface area contributed by atoms with Gasteiger partial charge in [-0.2, -0.15) is 5.26 Å². The van der Waals surface area contributed by atoms with Gasteiger partial charge in [0.1, 0.15) is 0 Å². The number of hydrogen-bond acceptors (Lipinski definition) is 5. The molecule has 4 rings (SSSR count). The lowest BCUT2D eigenvalue weighted by atomic mass is 10.1. The first-order valence-electron chi connectivity index (χ1n) is 9.95. The molecule has 0 saturated carbocycles. The summed E-state index contributed by atoms with van der Waals surface area (Å²) in [6, 6.07) is 14.7. The van der Waals surface area contributed by atoms with E-state index < -0.39 is 0 Å². The number of aromatic nitrogens is 3. The van der Waals surface area contributed by atoms with E-state index in [1.54, 1.807) is 30.5 Å². The van der Waals surface area contributed by atoms with Crippen molar-refractivity contribution in [2.75, 3.05) is 5.75 Å². The van der Waals surface area contributed by atoms with Crippen molar-refractivity contribution < 1.29 is 4.79 Å². The highest BCUT2D eigenvalue weighted by molar-refractivity contribution is 7.99. The van der Waals surface area contributed by atoms with Crippen molar-refractivity contribution in [1.29, 1.82) is 5.26 Å². The summed E-state index contributed by atoms with van der Waals surface area (Å²) in [6.45, 7) is 4.53. The summed E-state index contributed by atoms with van der Waals surface area (Å²) in [5.41, 5.74) is 1.80. The quantitative estimate of drug-likeness (QED) is 0.158. The first kappa shape index (κ1) is 21.9. The van der Waals surface area contributed by atoms with Crippen LogP contribution in [0.3, 0.4) is 0 Å². The zero-order valence-electron chi connectivity index (χ0n) is 17.1. The van der Waals surface area contributed by atoms with Gasteiger partial charge in [0.2, 0.25) is 0 Å². The summed E-state index contributed by atoms with van der Waals surface area (Å²) in [4.78, 5) is 30.7. The molecule has 0 fully saturated rings. The third kappa shape index (κ3) is 4.20. The average molecular weight is 463 g/mol. The molecular formula is C24H19ClN4O2S. The van der Waals surface area contributed by atoms with Crippen molar-refractivity contribution in [2.45, 2.75) is 24.7 Å². The number of ketones is 1. The summed E-state index contributed by atoms with van der Waals surface area (Å²) in [5.74, 6) is 0.0366. The number of aryl methyl sites for hydroxylation is 1. The SMILES string of the molecule is C=CCn1c(SCC(=O)c2cn(CCC#N)c3ccccc23)nc2cc(Cl)ccc2c1=O. The third-order valence-corrected chi connectivity index (χ3v) is 6.29. The van der Waals surface area contributed by atoms with Gasteiger partial charge < -0.3 is 4.57 Å². The first-order valence-corrected chi connectivity index (χ1v) is 11.3. The van der Waals surface area contributed by atoms with E-state index in [1.165, 1.54) is 16.3 Å². The summed E-state index contributed by atoms with van der Waals surface area (Å²) in [7, 11) is 0. The van der Waals surface area contributed by atoms with Crippen molar-refractivity contribution in [3.8, 4) is 6.07 Å². The molecule has 0 spiro atoms. The first-order chi connectivity index (χ1) is 15.5. The predicted octanol–water partition coefficient (Wildman–Crippen LogP) is 5.08. The lowest BCUT2D eigenvalue weighted by Gasteiger charge is -2.11. The number of thioether (sulfide) groups is 1. The van der Waals surface area contributed by atoms with E-state index in [0.717, 1.165) is 10.9 Å². The molecule has 4 aromatic rings. The lowest BCUT2D eigenvalue weighted by Crippen LogP contribution is -2.23. The number of fused-ring (bicyclic) bond motifs is 2. The number of benzene rings is 2. The van der Waals surface area contributed by atoms with Crippen LogP contribution in [0.15, 0.2) is 71.3 Å². The molecule has 0 radical (unpaired) electrons. The van der Waals surface area contributed by atoms with Crippen molar-refractivity contribution >= 4 is 51.0 Å². The van der Waals surface area contributed by atoms with Gasteiger partial charge in [0.25, 0.3) is 5.56 Å². The lowest BCUT2D eigenvalue weighted by molar-refractivity contribution is 0.102. The number of allylic oxidation sites excluding steroid dienone is 1. The molecule has 0 unspecified atom stereocenters. The number of para-hydroxylation sites is 1. The minimum absolute atomic E-state index is 0.0764. The van der Waals surface area contributed by atoms with Gasteiger partial charge in [-0.1, -0.05) is 47.6 Å². The number of Topliss-reactive ketones (excluding diaryl/α,β-unsaturated/α-hetero) is 1. The fraction of sp³-hybridized carbons (Fsp3) is 0.167. The molecule has 32 heavy (non-hydrogen) atoms. The monoisotopic (exact) mass is 462 g/mol. The summed E-state index contributed by atoms with van der Waals surface area (Å²) in [6.07, 6.45) is 3.79. The Morgan fingerprint density at radius 3 is 2.84 bits per heavy atom. The number of carbonyl (C=O) groups is 1. The van der Waals surface area contributed by atoms with Crippen molar-refractivity contribution in [3.63, 3.8) is 0 Å². The smallest absolute Gasteiger partial charge is 0.262 e. The van der Waals surface area contributed by atoms with Crippen LogP contribution in [0.2, 0.25) is 5.02 Å². The van der Waals surface area contributed by atoms with Crippen molar-refractivity contribution in [2.24, 2.45) is 0 Å². The molecule has 0 aliphatic rings. The highest BCUT2D eigenvalue weighted by Crippen LogP contribution is 2.26. The van der Waals surface area contributed by atoms with Crippen LogP contribution < -0.4 is 5.56 Å². The molecule has 2 heterocycles. The highest BCUT2D eigenvalue weighted by atomic mass is 35.5. The van der Waals surface area contributed by atoms with E-state index in [1.807, 2.05) is 28.8 Å². The van der Waals surface area contributed by atoms with Crippen molar-refractivity contribution in [1.82, 2.24) is 14.1 Å². The van der Waals surface area contributed by atoms with Crippen LogP contribution in [0.25, 0.3) is 21.8 Å². The Morgan fingerprint density at radius 2 is 2.06 bits per heavy atom. The highest BCUT2D eigenvalue weighted by Gasteiger charge is 2.17. The molecule has 0 aliphatic heterocycles. The maximum absolute atomic E-state index is 13.1. The number of carbonyl (C=O) groups excluding carboxylic acids is 1. The van der Waals surface area contributed by atoms with Crippen LogP contribution in [-0.2, 0) is 13.1 Å². The minimum Gasteiger partial charge on any atom is -0.346 e. The molecular weight excluding hydrogens is 444 g/mol. The van der Waals surface area contributed by atoms with E-state index in [-0.39, 0.29) is 23.6 Å². The Kier molecular flexibility index (Phi) is 6.45. The molecule has 160 valence electrons. The fourth-order valence-corrected chi connectivity index (χ4v) is 4.66. The minimum atomic E-state index is -0.199. The van der Waals surface area contributed by atoms with Crippen LogP contribution >= 0.6 is 23.4 Å². The molecule has 0 atom stereocenters. The van der Waals surface area contributed by atoms with Gasteiger partial charge in [0.05, 0.1) is 29.1 Å². The van der Waals surface area contributed by atoms with Gasteiger partial charge in [-0.05, 0) is 24.3 Å². The zero-order chi connectivity index (χ0) is 22.7. The Balaban J connectivity index is 1.67. The number of nitrogens with zero attached hydrogens (tertiary/aromatic N) is 4. The van der Waals surface area contributed by atoms with Crippen LogP contribution in [0.5, 0.6) is 0 Å². The second kappa shape index (κ2) is 9.43. The maximum atomic E-state index is 13.1. The molecule has 0 amide bonds. The Labute approximate surface area is 193 Å². The average Bonchev–Trinajstić information content (AvgIpc) is 3.17. The normalized spacial score (nSPS) is 11.0. The van der Waals surface area contributed by atoms with E-state index in [0.29, 0.717) is 39.6 Å². The number of halogens is 1.